The average Bonchev–Trinajstić information content (AvgIpc) is 3.49. The highest BCUT2D eigenvalue weighted by atomic mass is 16.5. The number of nitrogens with one attached hydrogen (secondary N) is 1. The van der Waals surface area contributed by atoms with Gasteiger partial charge >= 0.3 is 0 Å². The number of Topliss-reactive ketones (excluding diaryl/α,β-unsaturated/α-hetero) is 1. The van der Waals surface area contributed by atoms with Gasteiger partial charge in [0.2, 0.25) is 5.91 Å². The van der Waals surface area contributed by atoms with Crippen LogP contribution in [-0.4, -0.2) is 48.4 Å². The minimum Gasteiger partial charge on any atom is -0.497 e. The predicted molar refractivity (Wildman–Crippen MR) is 109 cm³/mol. The molecule has 1 aromatic rings. The second kappa shape index (κ2) is 6.07. The highest BCUT2D eigenvalue weighted by Gasteiger charge is 2.62. The Morgan fingerprint density at radius 2 is 2.07 bits per heavy atom. The maximum atomic E-state index is 12.9. The summed E-state index contributed by atoms with van der Waals surface area (Å²) in [5.41, 5.74) is 2.13. The number of piperidine rings is 1. The number of hydrogen-bond acceptors (Lipinski definition) is 4. The number of fused-ring (bicyclic) bond motifs is 1. The highest BCUT2D eigenvalue weighted by molar-refractivity contribution is 6.10. The first-order chi connectivity index (χ1) is 14.0. The van der Waals surface area contributed by atoms with Crippen LogP contribution < -0.4 is 10.1 Å². The van der Waals surface area contributed by atoms with Crippen molar-refractivity contribution in [2.24, 2.45) is 11.8 Å². The fraction of sp³-hybridized carbons (Fsp3) is 0.667. The fourth-order valence-electron chi connectivity index (χ4n) is 7.18. The zero-order valence-corrected chi connectivity index (χ0v) is 17.2. The van der Waals surface area contributed by atoms with Gasteiger partial charge in [0.05, 0.1) is 19.1 Å². The van der Waals surface area contributed by atoms with Gasteiger partial charge in [-0.25, -0.2) is 0 Å². The van der Waals surface area contributed by atoms with Crippen molar-refractivity contribution in [1.29, 1.82) is 0 Å². The number of likely N-dealkylation sites (tertiary alicyclic amines) is 1. The molecule has 6 rings (SSSR count). The van der Waals surface area contributed by atoms with Crippen LogP contribution in [0.5, 0.6) is 5.75 Å². The van der Waals surface area contributed by atoms with E-state index in [0.29, 0.717) is 12.0 Å². The third-order valence-electron chi connectivity index (χ3n) is 8.69. The molecule has 2 saturated heterocycles. The van der Waals surface area contributed by atoms with Crippen molar-refractivity contribution in [3.05, 3.63) is 29.3 Å². The maximum Gasteiger partial charge on any atom is 0.228 e. The number of ketones is 1. The number of ether oxygens (including phenoxy) is 1. The van der Waals surface area contributed by atoms with Crippen molar-refractivity contribution in [1.82, 2.24) is 10.2 Å². The first-order valence-corrected chi connectivity index (χ1v) is 11.3. The van der Waals surface area contributed by atoms with E-state index in [4.69, 9.17) is 4.74 Å². The largest absolute Gasteiger partial charge is 0.497 e. The lowest BCUT2D eigenvalue weighted by molar-refractivity contribution is -0.127. The van der Waals surface area contributed by atoms with Crippen molar-refractivity contribution < 1.29 is 14.3 Å². The molecule has 5 aliphatic rings. The molecule has 1 N–H and O–H groups in total. The van der Waals surface area contributed by atoms with Gasteiger partial charge in [-0.2, -0.15) is 0 Å². The summed E-state index contributed by atoms with van der Waals surface area (Å²) in [6.07, 6.45) is 7.60. The summed E-state index contributed by atoms with van der Waals surface area (Å²) < 4.78 is 5.58. The van der Waals surface area contributed by atoms with Crippen molar-refractivity contribution in [3.63, 3.8) is 0 Å². The van der Waals surface area contributed by atoms with E-state index in [1.807, 2.05) is 0 Å². The van der Waals surface area contributed by atoms with E-state index in [9.17, 15) is 9.59 Å². The van der Waals surface area contributed by atoms with Gasteiger partial charge in [0.1, 0.15) is 5.75 Å². The summed E-state index contributed by atoms with van der Waals surface area (Å²) in [7, 11) is 1.73. The molecule has 2 aliphatic heterocycles. The minimum atomic E-state index is -0.644. The topological polar surface area (TPSA) is 58.6 Å². The Morgan fingerprint density at radius 1 is 1.21 bits per heavy atom. The molecule has 0 unspecified atom stereocenters. The monoisotopic (exact) mass is 394 g/mol. The van der Waals surface area contributed by atoms with E-state index in [-0.39, 0.29) is 23.5 Å². The molecule has 0 radical (unpaired) electrons. The molecule has 4 fully saturated rings. The third kappa shape index (κ3) is 2.56. The number of carbonyl (C=O) groups excluding carboxylic acids is 2. The number of rotatable bonds is 3. The highest BCUT2D eigenvalue weighted by Crippen LogP contribution is 2.59. The minimum absolute atomic E-state index is 0.0294. The Balaban J connectivity index is 1.45. The van der Waals surface area contributed by atoms with Crippen LogP contribution in [0.1, 0.15) is 56.1 Å². The Morgan fingerprint density at radius 3 is 2.79 bits per heavy atom. The summed E-state index contributed by atoms with van der Waals surface area (Å²) >= 11 is 0. The SMILES string of the molecule is COc1ccc2c(c1)[C@]13CCN(CC4CC4)[C@H](C2)[C@@H]1CC[C@@]1(C3)NC(=O)CC1=O. The second-order valence-electron chi connectivity index (χ2n) is 10.2. The van der Waals surface area contributed by atoms with E-state index in [2.05, 4.69) is 28.4 Å². The third-order valence-corrected chi connectivity index (χ3v) is 8.69. The smallest absolute Gasteiger partial charge is 0.228 e. The zero-order valence-electron chi connectivity index (χ0n) is 17.2. The van der Waals surface area contributed by atoms with Crippen LogP contribution in [-0.2, 0) is 21.4 Å². The lowest BCUT2D eigenvalue weighted by Crippen LogP contribution is -2.66. The number of carbonyl (C=O) groups is 2. The van der Waals surface area contributed by atoms with Gasteiger partial charge in [-0.1, -0.05) is 6.07 Å². The molecule has 154 valence electrons. The summed E-state index contributed by atoms with van der Waals surface area (Å²) in [5.74, 6) is 2.38. The van der Waals surface area contributed by atoms with Crippen LogP contribution >= 0.6 is 0 Å². The lowest BCUT2D eigenvalue weighted by Gasteiger charge is -2.61. The molecule has 3 aliphatic carbocycles. The number of benzene rings is 1. The van der Waals surface area contributed by atoms with Gasteiger partial charge < -0.3 is 10.1 Å². The first-order valence-electron chi connectivity index (χ1n) is 11.3. The van der Waals surface area contributed by atoms with Crippen LogP contribution in [0.25, 0.3) is 0 Å². The van der Waals surface area contributed by atoms with Crippen LogP contribution in [0.15, 0.2) is 18.2 Å². The first kappa shape index (κ1) is 17.9. The summed E-state index contributed by atoms with van der Waals surface area (Å²) in [5, 5.41) is 3.13. The molecule has 1 amide bonds. The number of hydrogen-bond donors (Lipinski definition) is 1. The average molecular weight is 395 g/mol. The van der Waals surface area contributed by atoms with E-state index in [0.717, 1.165) is 50.3 Å². The second-order valence-corrected chi connectivity index (χ2v) is 10.2. The normalized spacial score (nSPS) is 38.5. The van der Waals surface area contributed by atoms with Crippen LogP contribution in [0, 0.1) is 11.8 Å². The van der Waals surface area contributed by atoms with Gasteiger partial charge in [-0.05, 0) is 86.6 Å². The molecule has 2 heterocycles. The maximum absolute atomic E-state index is 12.9. The van der Waals surface area contributed by atoms with Gasteiger partial charge in [0, 0.05) is 18.0 Å². The molecule has 29 heavy (non-hydrogen) atoms. The Hall–Kier alpha value is -1.88. The number of methoxy groups -OCH3 is 1. The van der Waals surface area contributed by atoms with Crippen LogP contribution in [0.2, 0.25) is 0 Å². The molecule has 5 nitrogen and oxygen atoms in total. The molecule has 1 spiro atoms. The van der Waals surface area contributed by atoms with Crippen molar-refractivity contribution in [2.75, 3.05) is 20.2 Å². The molecule has 2 bridgehead atoms. The standard InChI is InChI=1S/C24H30N2O3/c1-29-17-5-4-16-10-20-18-6-7-24(21(27)12-22(28)25-24)14-23(18,19(16)11-17)8-9-26(20)13-15-2-3-15/h4-5,11,15,18,20H,2-3,6-10,12-14H2,1H3,(H,25,28)/t18-,20+,23-,24-/m0/s1. The molecule has 4 atom stereocenters. The Labute approximate surface area is 172 Å². The lowest BCUT2D eigenvalue weighted by atomic mass is 9.49. The van der Waals surface area contributed by atoms with E-state index in [1.54, 1.807) is 7.11 Å². The predicted octanol–water partition coefficient (Wildman–Crippen LogP) is 2.60. The van der Waals surface area contributed by atoms with Crippen molar-refractivity contribution in [2.45, 2.75) is 68.4 Å². The zero-order chi connectivity index (χ0) is 19.8. The number of nitrogens with zero attached hydrogens (tertiary/aromatic N) is 1. The number of amides is 1. The molecular formula is C24H30N2O3. The van der Waals surface area contributed by atoms with Crippen LogP contribution in [0.3, 0.4) is 0 Å². The van der Waals surface area contributed by atoms with Crippen molar-refractivity contribution in [3.8, 4) is 5.75 Å². The summed E-state index contributed by atoms with van der Waals surface area (Å²) in [4.78, 5) is 27.8. The van der Waals surface area contributed by atoms with Crippen LogP contribution in [0.4, 0.5) is 0 Å². The Bertz CT molecular complexity index is 894. The van der Waals surface area contributed by atoms with Gasteiger partial charge in [0.15, 0.2) is 5.78 Å². The van der Waals surface area contributed by atoms with E-state index in [1.165, 1.54) is 30.5 Å². The van der Waals surface area contributed by atoms with Gasteiger partial charge in [0.25, 0.3) is 0 Å². The molecule has 0 aromatic heterocycles. The summed E-state index contributed by atoms with van der Waals surface area (Å²) in [6, 6.07) is 7.12. The quantitative estimate of drug-likeness (QED) is 0.801. The van der Waals surface area contributed by atoms with E-state index >= 15 is 0 Å². The molecule has 2 saturated carbocycles. The van der Waals surface area contributed by atoms with Gasteiger partial charge in [-0.15, -0.1) is 0 Å². The van der Waals surface area contributed by atoms with Crippen molar-refractivity contribution >= 4 is 11.7 Å². The molecule has 5 heteroatoms. The molecule has 1 aromatic carbocycles. The Kier molecular flexibility index (Phi) is 3.75. The summed E-state index contributed by atoms with van der Waals surface area (Å²) in [6.45, 7) is 2.34. The molecular weight excluding hydrogens is 364 g/mol. The van der Waals surface area contributed by atoms with E-state index < -0.39 is 5.54 Å². The fourth-order valence-corrected chi connectivity index (χ4v) is 7.18. The van der Waals surface area contributed by atoms with Gasteiger partial charge in [-0.3, -0.25) is 14.5 Å².